The van der Waals surface area contributed by atoms with Crippen molar-refractivity contribution in [2.75, 3.05) is 20.2 Å². The average molecular weight is 231 g/mol. The van der Waals surface area contributed by atoms with Crippen LogP contribution < -0.4 is 5.32 Å². The predicted molar refractivity (Wildman–Crippen MR) is 60.0 cm³/mol. The van der Waals surface area contributed by atoms with Crippen LogP contribution in [0.4, 0.5) is 0 Å². The van der Waals surface area contributed by atoms with Crippen LogP contribution in [0.15, 0.2) is 0 Å². The van der Waals surface area contributed by atoms with Crippen LogP contribution in [0.3, 0.4) is 0 Å². The highest BCUT2D eigenvalue weighted by Crippen LogP contribution is 2.06. The lowest BCUT2D eigenvalue weighted by Gasteiger charge is -2.16. The molecule has 0 unspecified atom stereocenters. The number of carbonyl (C=O) groups excluding carboxylic acids is 2. The Labute approximate surface area is 96.5 Å². The van der Waals surface area contributed by atoms with Gasteiger partial charge in [0.15, 0.2) is 0 Å². The number of hydrogen-bond acceptors (Lipinski definition) is 5. The Bertz CT molecular complexity index is 218. The van der Waals surface area contributed by atoms with Gasteiger partial charge in [-0.25, -0.2) is 0 Å². The van der Waals surface area contributed by atoms with Crippen LogP contribution in [0.1, 0.15) is 33.1 Å². The van der Waals surface area contributed by atoms with Crippen molar-refractivity contribution in [2.45, 2.75) is 39.2 Å². The Balaban J connectivity index is 3.80. The summed E-state index contributed by atoms with van der Waals surface area (Å²) in [6.45, 7) is 3.77. The summed E-state index contributed by atoms with van der Waals surface area (Å²) in [5.74, 6) is -0.696. The van der Waals surface area contributed by atoms with E-state index in [1.165, 1.54) is 13.8 Å². The van der Waals surface area contributed by atoms with Crippen LogP contribution in [0.25, 0.3) is 0 Å². The number of rotatable bonds is 8. The zero-order valence-electron chi connectivity index (χ0n) is 10.2. The molecule has 0 saturated carbocycles. The molecule has 0 aromatic heterocycles. The van der Waals surface area contributed by atoms with Gasteiger partial charge in [0, 0.05) is 13.8 Å². The van der Waals surface area contributed by atoms with Crippen molar-refractivity contribution in [2.24, 2.45) is 0 Å². The molecule has 0 bridgehead atoms. The van der Waals surface area contributed by atoms with E-state index in [9.17, 15) is 9.59 Å². The van der Waals surface area contributed by atoms with E-state index in [0.717, 1.165) is 19.4 Å². The molecule has 94 valence electrons. The van der Waals surface area contributed by atoms with Crippen LogP contribution in [-0.4, -0.2) is 38.2 Å². The van der Waals surface area contributed by atoms with Crippen molar-refractivity contribution >= 4 is 11.9 Å². The quantitative estimate of drug-likeness (QED) is 0.496. The zero-order chi connectivity index (χ0) is 12.4. The summed E-state index contributed by atoms with van der Waals surface area (Å²) >= 11 is 0. The summed E-state index contributed by atoms with van der Waals surface area (Å²) < 4.78 is 9.87. The molecule has 0 aromatic rings. The van der Waals surface area contributed by atoms with Gasteiger partial charge in [0.05, 0.1) is 0 Å². The number of esters is 2. The molecular weight excluding hydrogens is 210 g/mol. The van der Waals surface area contributed by atoms with Gasteiger partial charge in [-0.1, -0.05) is 0 Å². The third-order valence-electron chi connectivity index (χ3n) is 2.01. The van der Waals surface area contributed by atoms with Gasteiger partial charge in [-0.15, -0.1) is 0 Å². The standard InChI is InChI=1S/C11H21NO4/c1-9(13)15-8-11(16-10(2)14)6-4-5-7-12-3/h11-12H,4-8H2,1-3H3/t11-/m0/s1. The molecule has 0 saturated heterocycles. The minimum atomic E-state index is -0.354. The summed E-state index contributed by atoms with van der Waals surface area (Å²) in [5, 5.41) is 3.04. The Morgan fingerprint density at radius 1 is 1.19 bits per heavy atom. The lowest BCUT2D eigenvalue weighted by atomic mass is 10.1. The van der Waals surface area contributed by atoms with E-state index in [4.69, 9.17) is 9.47 Å². The van der Waals surface area contributed by atoms with Crippen molar-refractivity contribution in [1.82, 2.24) is 5.32 Å². The molecule has 0 aliphatic heterocycles. The molecule has 0 aliphatic carbocycles. The molecule has 0 rings (SSSR count). The fourth-order valence-electron chi connectivity index (χ4n) is 1.30. The van der Waals surface area contributed by atoms with E-state index in [1.54, 1.807) is 0 Å². The molecule has 16 heavy (non-hydrogen) atoms. The first-order valence-electron chi connectivity index (χ1n) is 5.51. The summed E-state index contributed by atoms with van der Waals surface area (Å²) in [5.41, 5.74) is 0. The molecule has 0 amide bonds. The van der Waals surface area contributed by atoms with Gasteiger partial charge < -0.3 is 14.8 Å². The Morgan fingerprint density at radius 3 is 2.38 bits per heavy atom. The molecule has 1 N–H and O–H groups in total. The number of unbranched alkanes of at least 4 members (excludes halogenated alkanes) is 1. The molecule has 0 spiro atoms. The molecule has 5 heteroatoms. The van der Waals surface area contributed by atoms with Crippen molar-refractivity contribution < 1.29 is 19.1 Å². The lowest BCUT2D eigenvalue weighted by molar-refractivity contribution is -0.156. The van der Waals surface area contributed by atoms with Crippen molar-refractivity contribution in [3.63, 3.8) is 0 Å². The third kappa shape index (κ3) is 9.45. The first-order chi connectivity index (χ1) is 7.56. The van der Waals surface area contributed by atoms with Gasteiger partial charge in [0.25, 0.3) is 0 Å². The van der Waals surface area contributed by atoms with Gasteiger partial charge in [0.2, 0.25) is 0 Å². The van der Waals surface area contributed by atoms with Crippen molar-refractivity contribution in [3.05, 3.63) is 0 Å². The zero-order valence-corrected chi connectivity index (χ0v) is 10.2. The second kappa shape index (κ2) is 9.15. The minimum absolute atomic E-state index is 0.147. The van der Waals surface area contributed by atoms with E-state index in [0.29, 0.717) is 6.42 Å². The minimum Gasteiger partial charge on any atom is -0.462 e. The second-order valence-corrected chi connectivity index (χ2v) is 3.63. The average Bonchev–Trinajstić information content (AvgIpc) is 2.19. The lowest BCUT2D eigenvalue weighted by Crippen LogP contribution is -2.24. The normalized spacial score (nSPS) is 11.9. The van der Waals surface area contributed by atoms with E-state index in [-0.39, 0.29) is 24.6 Å². The maximum Gasteiger partial charge on any atom is 0.303 e. The smallest absolute Gasteiger partial charge is 0.303 e. The Hall–Kier alpha value is -1.10. The second-order valence-electron chi connectivity index (χ2n) is 3.63. The first-order valence-corrected chi connectivity index (χ1v) is 5.51. The van der Waals surface area contributed by atoms with Gasteiger partial charge in [-0.2, -0.15) is 0 Å². The summed E-state index contributed by atoms with van der Waals surface area (Å²) in [6.07, 6.45) is 2.33. The van der Waals surface area contributed by atoms with Crippen molar-refractivity contribution in [1.29, 1.82) is 0 Å². The highest BCUT2D eigenvalue weighted by molar-refractivity contribution is 5.67. The van der Waals surface area contributed by atoms with E-state index < -0.39 is 0 Å². The fourth-order valence-corrected chi connectivity index (χ4v) is 1.30. The maximum atomic E-state index is 10.8. The van der Waals surface area contributed by atoms with E-state index >= 15 is 0 Å². The van der Waals surface area contributed by atoms with Crippen LogP contribution in [-0.2, 0) is 19.1 Å². The molecule has 0 aliphatic rings. The highest BCUT2D eigenvalue weighted by atomic mass is 16.6. The topological polar surface area (TPSA) is 64.6 Å². The number of carbonyl (C=O) groups is 2. The molecule has 5 nitrogen and oxygen atoms in total. The number of nitrogens with one attached hydrogen (secondary N) is 1. The van der Waals surface area contributed by atoms with Crippen LogP contribution in [0, 0.1) is 0 Å². The molecule has 0 fully saturated rings. The third-order valence-corrected chi connectivity index (χ3v) is 2.01. The van der Waals surface area contributed by atoms with Gasteiger partial charge in [0.1, 0.15) is 12.7 Å². The van der Waals surface area contributed by atoms with Crippen LogP contribution >= 0.6 is 0 Å². The predicted octanol–water partition coefficient (Wildman–Crippen LogP) is 0.871. The molecule has 0 heterocycles. The number of ether oxygens (including phenoxy) is 2. The van der Waals surface area contributed by atoms with Crippen molar-refractivity contribution in [3.8, 4) is 0 Å². The molecule has 0 radical (unpaired) electrons. The highest BCUT2D eigenvalue weighted by Gasteiger charge is 2.13. The van der Waals surface area contributed by atoms with Gasteiger partial charge in [-0.05, 0) is 32.9 Å². The summed E-state index contributed by atoms with van der Waals surface area (Å²) in [4.78, 5) is 21.5. The largest absolute Gasteiger partial charge is 0.462 e. The number of hydrogen-bond donors (Lipinski definition) is 1. The maximum absolute atomic E-state index is 10.8. The molecular formula is C11H21NO4. The fraction of sp³-hybridized carbons (Fsp3) is 0.818. The molecule has 0 aromatic carbocycles. The van der Waals surface area contributed by atoms with Crippen LogP contribution in [0.5, 0.6) is 0 Å². The van der Waals surface area contributed by atoms with E-state index in [2.05, 4.69) is 5.32 Å². The van der Waals surface area contributed by atoms with E-state index in [1.807, 2.05) is 7.05 Å². The van der Waals surface area contributed by atoms with Gasteiger partial charge >= 0.3 is 11.9 Å². The van der Waals surface area contributed by atoms with Gasteiger partial charge in [-0.3, -0.25) is 9.59 Å². The van der Waals surface area contributed by atoms with Crippen LogP contribution in [0.2, 0.25) is 0 Å². The summed E-state index contributed by atoms with van der Waals surface area (Å²) in [6, 6.07) is 0. The monoisotopic (exact) mass is 231 g/mol. The molecule has 1 atom stereocenters. The Morgan fingerprint density at radius 2 is 1.88 bits per heavy atom. The SMILES string of the molecule is CNCCCC[C@@H](COC(C)=O)OC(C)=O. The Kier molecular flexibility index (Phi) is 8.52. The summed E-state index contributed by atoms with van der Waals surface area (Å²) in [7, 11) is 1.89. The first kappa shape index (κ1) is 14.9.